The number of hydrogen-bond acceptors (Lipinski definition) is 4. The van der Waals surface area contributed by atoms with Crippen molar-refractivity contribution < 1.29 is 19.4 Å². The van der Waals surface area contributed by atoms with Gasteiger partial charge in [-0.25, -0.2) is 0 Å². The van der Waals surface area contributed by atoms with Crippen LogP contribution in [0.3, 0.4) is 0 Å². The summed E-state index contributed by atoms with van der Waals surface area (Å²) in [5.41, 5.74) is -0.151. The van der Waals surface area contributed by atoms with Gasteiger partial charge in [0.25, 0.3) is 0 Å². The molecule has 0 aromatic carbocycles. The summed E-state index contributed by atoms with van der Waals surface area (Å²) in [5, 5.41) is 11.6. The molecule has 6 saturated carbocycles. The summed E-state index contributed by atoms with van der Waals surface area (Å²) >= 11 is 0. The third-order valence-corrected chi connectivity index (χ3v) is 13.5. The second-order valence-corrected chi connectivity index (χ2v) is 16.3. The highest BCUT2D eigenvalue weighted by atomic mass is 16.5. The molecule has 6 aliphatic carbocycles. The Morgan fingerprint density at radius 1 is 0.561 bits per heavy atom. The van der Waals surface area contributed by atoms with Crippen molar-refractivity contribution in [1.29, 1.82) is 0 Å². The number of ether oxygens (including phenoxy) is 2. The Labute approximate surface area is 252 Å². The predicted molar refractivity (Wildman–Crippen MR) is 167 cm³/mol. The predicted octanol–water partition coefficient (Wildman–Crippen LogP) is 8.77. The number of hydrogen-bond donors (Lipinski definition) is 1. The minimum atomic E-state index is -0.119. The van der Waals surface area contributed by atoms with Crippen molar-refractivity contribution in [2.75, 3.05) is 0 Å². The molecule has 0 radical (unpaired) electrons. The van der Waals surface area contributed by atoms with E-state index in [-0.39, 0.29) is 17.3 Å². The lowest BCUT2D eigenvalue weighted by Gasteiger charge is -2.61. The average Bonchev–Trinajstić information content (AvgIpc) is 3.00. The van der Waals surface area contributed by atoms with Gasteiger partial charge in [-0.15, -0.1) is 0 Å². The Balaban J connectivity index is 0.00000165. The Hall–Kier alpha value is -0.450. The fraction of sp³-hybridized carbons (Fsp3) is 0.973. The minimum Gasteiger partial charge on any atom is -0.393 e. The smallest absolute Gasteiger partial charge is 0.106 e. The molecule has 8 atom stereocenters. The fourth-order valence-electron chi connectivity index (χ4n) is 11.7. The lowest BCUT2D eigenvalue weighted by Crippen LogP contribution is -2.62. The molecule has 0 aromatic rings. The maximum atomic E-state index is 11.6. The van der Waals surface area contributed by atoms with E-state index in [0.717, 1.165) is 6.42 Å². The molecule has 6 rings (SSSR count). The number of rotatable bonds is 6. The van der Waals surface area contributed by atoms with Gasteiger partial charge < -0.3 is 19.4 Å². The molecule has 6 aliphatic rings. The maximum Gasteiger partial charge on any atom is 0.106 e. The van der Waals surface area contributed by atoms with Crippen LogP contribution in [0.2, 0.25) is 0 Å². The van der Waals surface area contributed by atoms with Crippen LogP contribution in [0.15, 0.2) is 0 Å². The average molecular weight is 573 g/mol. The third kappa shape index (κ3) is 6.24. The normalized spacial score (nSPS) is 44.7. The van der Waals surface area contributed by atoms with E-state index in [1.54, 1.807) is 0 Å². The first-order chi connectivity index (χ1) is 19.7. The van der Waals surface area contributed by atoms with E-state index in [2.05, 4.69) is 34.6 Å². The van der Waals surface area contributed by atoms with E-state index in [0.29, 0.717) is 65.5 Å². The molecule has 0 heterocycles. The first-order valence-corrected chi connectivity index (χ1v) is 18.0. The zero-order valence-corrected chi connectivity index (χ0v) is 27.3. The Morgan fingerprint density at radius 2 is 0.878 bits per heavy atom. The topological polar surface area (TPSA) is 55.8 Å². The summed E-state index contributed by atoms with van der Waals surface area (Å²) in [6.07, 6.45) is 23.1. The molecule has 41 heavy (non-hydrogen) atoms. The van der Waals surface area contributed by atoms with Gasteiger partial charge in [0.2, 0.25) is 0 Å². The molecule has 4 heteroatoms. The monoisotopic (exact) mass is 572 g/mol. The molecule has 0 saturated heterocycles. The minimum absolute atomic E-state index is 0.0312. The van der Waals surface area contributed by atoms with E-state index in [9.17, 15) is 5.11 Å². The highest BCUT2D eigenvalue weighted by Crippen LogP contribution is 2.59. The molecule has 4 nitrogen and oxygen atoms in total. The second kappa shape index (κ2) is 13.3. The van der Waals surface area contributed by atoms with Gasteiger partial charge in [0.15, 0.2) is 0 Å². The molecular formula is C37H64O4. The SMILES string of the molecule is C=O.CCC(C)(C)OC1C2CCCCC2C(OC(C)(C)C2C3CCCCC3C(O)C3CCCCC32)C2CCCCC21. The van der Waals surface area contributed by atoms with Crippen LogP contribution in [-0.4, -0.2) is 41.4 Å². The van der Waals surface area contributed by atoms with Crippen LogP contribution in [0.5, 0.6) is 0 Å². The molecule has 0 aromatic heterocycles. The Morgan fingerprint density at radius 3 is 1.24 bits per heavy atom. The molecule has 8 unspecified atom stereocenters. The number of carbonyl (C=O) groups excluding carboxylic acids is 1. The van der Waals surface area contributed by atoms with Gasteiger partial charge in [-0.1, -0.05) is 58.3 Å². The highest BCUT2D eigenvalue weighted by molar-refractivity contribution is 5.11. The second-order valence-electron chi connectivity index (χ2n) is 16.3. The van der Waals surface area contributed by atoms with Crippen molar-refractivity contribution in [3.63, 3.8) is 0 Å². The molecule has 6 fully saturated rings. The zero-order valence-electron chi connectivity index (χ0n) is 27.3. The zero-order chi connectivity index (χ0) is 29.4. The summed E-state index contributed by atoms with van der Waals surface area (Å²) in [5.74, 6) is 5.59. The largest absolute Gasteiger partial charge is 0.393 e. The summed E-state index contributed by atoms with van der Waals surface area (Å²) < 4.78 is 14.9. The molecular weight excluding hydrogens is 508 g/mol. The standard InChI is InChI=1S/C36H62O3.CH2O/c1-6-35(2,3)38-33-27-19-11-13-21-29(27)34(30-22-14-12-20-28(30)33)39-36(4,5)31-23-15-7-9-17-25(23)32(37)26-18-10-8-16-24(26)31;1-2/h23-34,37H,6-22H2,1-5H3;1H2. The number of aliphatic hydroxyl groups excluding tert-OH is 1. The van der Waals surface area contributed by atoms with Crippen LogP contribution in [0.1, 0.15) is 144 Å². The van der Waals surface area contributed by atoms with Crippen LogP contribution >= 0.6 is 0 Å². The van der Waals surface area contributed by atoms with Crippen LogP contribution < -0.4 is 0 Å². The summed E-state index contributed by atoms with van der Waals surface area (Å²) in [4.78, 5) is 8.00. The van der Waals surface area contributed by atoms with Crippen LogP contribution in [0.25, 0.3) is 0 Å². The van der Waals surface area contributed by atoms with Crippen molar-refractivity contribution in [2.24, 2.45) is 53.3 Å². The lowest BCUT2D eigenvalue weighted by atomic mass is 9.50. The van der Waals surface area contributed by atoms with Crippen molar-refractivity contribution in [1.82, 2.24) is 0 Å². The van der Waals surface area contributed by atoms with Gasteiger partial charge in [-0.05, 0) is 139 Å². The number of fused-ring (bicyclic) bond motifs is 4. The summed E-state index contributed by atoms with van der Waals surface area (Å²) in [6, 6.07) is 0. The first-order valence-electron chi connectivity index (χ1n) is 18.0. The van der Waals surface area contributed by atoms with E-state index in [1.165, 1.54) is 103 Å². The first kappa shape index (κ1) is 32.0. The van der Waals surface area contributed by atoms with Crippen LogP contribution in [0.4, 0.5) is 0 Å². The van der Waals surface area contributed by atoms with Crippen LogP contribution in [0, 0.1) is 53.3 Å². The Bertz CT molecular complexity index is 791. The molecule has 0 bridgehead atoms. The van der Waals surface area contributed by atoms with Gasteiger partial charge in [-0.3, -0.25) is 0 Å². The van der Waals surface area contributed by atoms with Gasteiger partial charge in [0.05, 0.1) is 29.5 Å². The van der Waals surface area contributed by atoms with E-state index < -0.39 is 0 Å². The Kier molecular flexibility index (Phi) is 10.3. The highest BCUT2D eigenvalue weighted by Gasteiger charge is 2.59. The van der Waals surface area contributed by atoms with Crippen molar-refractivity contribution >= 4 is 6.79 Å². The molecule has 1 N–H and O–H groups in total. The van der Waals surface area contributed by atoms with Crippen molar-refractivity contribution in [3.8, 4) is 0 Å². The summed E-state index contributed by atoms with van der Waals surface area (Å²) in [6.45, 7) is 14.0. The van der Waals surface area contributed by atoms with Gasteiger partial charge >= 0.3 is 0 Å². The van der Waals surface area contributed by atoms with Gasteiger partial charge in [0.1, 0.15) is 6.79 Å². The molecule has 0 aliphatic heterocycles. The van der Waals surface area contributed by atoms with Gasteiger partial charge in [0, 0.05) is 0 Å². The van der Waals surface area contributed by atoms with E-state index in [1.807, 2.05) is 6.79 Å². The van der Waals surface area contributed by atoms with Crippen LogP contribution in [-0.2, 0) is 14.3 Å². The van der Waals surface area contributed by atoms with Crippen molar-refractivity contribution in [3.05, 3.63) is 0 Å². The van der Waals surface area contributed by atoms with Crippen molar-refractivity contribution in [2.45, 2.75) is 173 Å². The third-order valence-electron chi connectivity index (χ3n) is 13.5. The summed E-state index contributed by atoms with van der Waals surface area (Å²) in [7, 11) is 0. The number of aliphatic hydroxyl groups is 1. The maximum absolute atomic E-state index is 11.6. The quantitative estimate of drug-likeness (QED) is 0.346. The molecule has 236 valence electrons. The number of carbonyl (C=O) groups is 1. The van der Waals surface area contributed by atoms with E-state index >= 15 is 0 Å². The van der Waals surface area contributed by atoms with Gasteiger partial charge in [-0.2, -0.15) is 0 Å². The molecule has 0 amide bonds. The lowest BCUT2D eigenvalue weighted by molar-refractivity contribution is -0.257. The molecule has 0 spiro atoms. The van der Waals surface area contributed by atoms with E-state index in [4.69, 9.17) is 14.3 Å². The fourth-order valence-corrected chi connectivity index (χ4v) is 11.7.